The van der Waals surface area contributed by atoms with E-state index in [0.717, 1.165) is 25.7 Å². The van der Waals surface area contributed by atoms with Crippen LogP contribution in [0.15, 0.2) is 12.1 Å². The van der Waals surface area contributed by atoms with Crippen LogP contribution in [0.1, 0.15) is 35.3 Å². The molecule has 1 aromatic heterocycles. The van der Waals surface area contributed by atoms with Crippen molar-refractivity contribution in [3.63, 3.8) is 0 Å². The van der Waals surface area contributed by atoms with E-state index in [4.69, 9.17) is 0 Å². The van der Waals surface area contributed by atoms with Gasteiger partial charge in [0, 0.05) is 13.1 Å². The van der Waals surface area contributed by atoms with E-state index in [1.165, 1.54) is 7.05 Å². The second-order valence-corrected chi connectivity index (χ2v) is 5.48. The lowest BCUT2D eigenvalue weighted by Crippen LogP contribution is -2.37. The topological polar surface area (TPSA) is 80.3 Å². The number of halogens is 3. The molecule has 1 aliphatic carbocycles. The number of hydrogen-bond donors (Lipinski definition) is 2. The van der Waals surface area contributed by atoms with Crippen LogP contribution in [-0.2, 0) is 15.7 Å². The SMILES string of the molecule is CNC(=O)[C@@H]1CCC[C@H]1Nc1nc(C(F)(F)F)ccc1C(=O)OC. The molecule has 2 rings (SSSR count). The summed E-state index contributed by atoms with van der Waals surface area (Å²) in [6.45, 7) is 0. The van der Waals surface area contributed by atoms with E-state index in [9.17, 15) is 22.8 Å². The second-order valence-electron chi connectivity index (χ2n) is 5.48. The van der Waals surface area contributed by atoms with E-state index in [2.05, 4.69) is 20.4 Å². The molecule has 1 amide bonds. The molecular weight excluding hydrogens is 327 g/mol. The number of nitrogens with one attached hydrogen (secondary N) is 2. The van der Waals surface area contributed by atoms with Crippen LogP contribution in [0.4, 0.5) is 19.0 Å². The van der Waals surface area contributed by atoms with Crippen LogP contribution >= 0.6 is 0 Å². The maximum atomic E-state index is 12.9. The lowest BCUT2D eigenvalue weighted by Gasteiger charge is -2.22. The molecule has 1 saturated carbocycles. The van der Waals surface area contributed by atoms with Crippen molar-refractivity contribution in [3.05, 3.63) is 23.4 Å². The Morgan fingerprint density at radius 2 is 2.00 bits per heavy atom. The van der Waals surface area contributed by atoms with Crippen LogP contribution in [0, 0.1) is 5.92 Å². The van der Waals surface area contributed by atoms with Gasteiger partial charge in [-0.3, -0.25) is 4.79 Å². The Morgan fingerprint density at radius 1 is 1.29 bits per heavy atom. The Bertz CT molecular complexity index is 634. The van der Waals surface area contributed by atoms with Gasteiger partial charge in [0.2, 0.25) is 5.91 Å². The van der Waals surface area contributed by atoms with E-state index >= 15 is 0 Å². The first-order valence-electron chi connectivity index (χ1n) is 7.42. The molecule has 24 heavy (non-hydrogen) atoms. The summed E-state index contributed by atoms with van der Waals surface area (Å²) in [5.41, 5.74) is -1.22. The zero-order valence-electron chi connectivity index (χ0n) is 13.2. The molecule has 1 fully saturated rings. The van der Waals surface area contributed by atoms with Crippen molar-refractivity contribution in [2.75, 3.05) is 19.5 Å². The first-order chi connectivity index (χ1) is 11.3. The highest BCUT2D eigenvalue weighted by molar-refractivity contribution is 5.94. The van der Waals surface area contributed by atoms with Crippen LogP contribution in [0.25, 0.3) is 0 Å². The van der Waals surface area contributed by atoms with Crippen molar-refractivity contribution in [2.24, 2.45) is 5.92 Å². The molecule has 2 N–H and O–H groups in total. The Morgan fingerprint density at radius 3 is 2.58 bits per heavy atom. The quantitative estimate of drug-likeness (QED) is 0.818. The van der Waals surface area contributed by atoms with E-state index in [1.807, 2.05) is 0 Å². The minimum absolute atomic E-state index is 0.104. The van der Waals surface area contributed by atoms with Gasteiger partial charge in [-0.25, -0.2) is 9.78 Å². The third-order valence-electron chi connectivity index (χ3n) is 4.01. The van der Waals surface area contributed by atoms with Crippen LogP contribution in [0.2, 0.25) is 0 Å². The molecular formula is C15H18F3N3O3. The van der Waals surface area contributed by atoms with Crippen LogP contribution in [0.5, 0.6) is 0 Å². The summed E-state index contributed by atoms with van der Waals surface area (Å²) in [6, 6.07) is 1.35. The molecule has 0 spiro atoms. The van der Waals surface area contributed by atoms with Gasteiger partial charge in [-0.05, 0) is 25.0 Å². The van der Waals surface area contributed by atoms with Gasteiger partial charge in [-0.15, -0.1) is 0 Å². The van der Waals surface area contributed by atoms with Crippen molar-refractivity contribution in [1.29, 1.82) is 0 Å². The van der Waals surface area contributed by atoms with E-state index in [1.54, 1.807) is 0 Å². The average Bonchev–Trinajstić information content (AvgIpc) is 3.00. The highest BCUT2D eigenvalue weighted by atomic mass is 19.4. The number of alkyl halides is 3. The minimum atomic E-state index is -4.64. The predicted molar refractivity (Wildman–Crippen MR) is 79.4 cm³/mol. The van der Waals surface area contributed by atoms with Gasteiger partial charge < -0.3 is 15.4 Å². The van der Waals surface area contributed by atoms with Crippen molar-refractivity contribution in [3.8, 4) is 0 Å². The molecule has 0 radical (unpaired) electrons. The fourth-order valence-corrected chi connectivity index (χ4v) is 2.81. The number of esters is 1. The number of amides is 1. The predicted octanol–water partition coefficient (Wildman–Crippen LogP) is 2.21. The minimum Gasteiger partial charge on any atom is -0.465 e. The van der Waals surface area contributed by atoms with E-state index < -0.39 is 29.8 Å². The van der Waals surface area contributed by atoms with Crippen molar-refractivity contribution >= 4 is 17.7 Å². The summed E-state index contributed by atoms with van der Waals surface area (Å²) < 4.78 is 43.2. The summed E-state index contributed by atoms with van der Waals surface area (Å²) in [4.78, 5) is 27.2. The first kappa shape index (κ1) is 18.0. The third-order valence-corrected chi connectivity index (χ3v) is 4.01. The standard InChI is InChI=1S/C15H18F3N3O3/c1-19-13(22)8-4-3-5-10(8)20-12-9(14(23)24-2)6-7-11(21-12)15(16,17)18/h6-8,10H,3-5H2,1-2H3,(H,19,22)(H,20,21)/t8-,10-/m1/s1. The lowest BCUT2D eigenvalue weighted by atomic mass is 10.0. The van der Waals surface area contributed by atoms with Gasteiger partial charge in [-0.1, -0.05) is 6.42 Å². The van der Waals surface area contributed by atoms with E-state index in [-0.39, 0.29) is 17.3 Å². The number of nitrogens with zero attached hydrogens (tertiary/aromatic N) is 1. The Hall–Kier alpha value is -2.32. The summed E-state index contributed by atoms with van der Waals surface area (Å²) in [5.74, 6) is -1.61. The normalized spacial score (nSPS) is 20.5. The maximum absolute atomic E-state index is 12.9. The van der Waals surface area contributed by atoms with E-state index in [0.29, 0.717) is 12.8 Å². The molecule has 1 aromatic rings. The first-order valence-corrected chi connectivity index (χ1v) is 7.42. The molecule has 132 valence electrons. The number of aromatic nitrogens is 1. The van der Waals surface area contributed by atoms with Gasteiger partial charge in [0.1, 0.15) is 17.1 Å². The van der Waals surface area contributed by atoms with Gasteiger partial charge in [0.25, 0.3) is 0 Å². The summed E-state index contributed by atoms with van der Waals surface area (Å²) in [7, 11) is 2.63. The van der Waals surface area contributed by atoms with Crippen molar-refractivity contribution < 1.29 is 27.5 Å². The van der Waals surface area contributed by atoms with Gasteiger partial charge in [0.05, 0.1) is 13.0 Å². The number of ether oxygens (including phenoxy) is 1. The smallest absolute Gasteiger partial charge is 0.433 e. The molecule has 2 atom stereocenters. The summed E-state index contributed by atoms with van der Waals surface area (Å²) in [5, 5.41) is 5.37. The number of anilines is 1. The zero-order chi connectivity index (χ0) is 17.9. The highest BCUT2D eigenvalue weighted by Gasteiger charge is 2.36. The maximum Gasteiger partial charge on any atom is 0.433 e. The van der Waals surface area contributed by atoms with Gasteiger partial charge in [-0.2, -0.15) is 13.2 Å². The largest absolute Gasteiger partial charge is 0.465 e. The monoisotopic (exact) mass is 345 g/mol. The van der Waals surface area contributed by atoms with Crippen LogP contribution < -0.4 is 10.6 Å². The number of carbonyl (C=O) groups excluding carboxylic acids is 2. The van der Waals surface area contributed by atoms with Crippen LogP contribution in [-0.4, -0.2) is 37.1 Å². The average molecular weight is 345 g/mol. The molecule has 0 bridgehead atoms. The molecule has 0 unspecified atom stereocenters. The number of pyridine rings is 1. The molecule has 0 aliphatic heterocycles. The number of methoxy groups -OCH3 is 1. The lowest BCUT2D eigenvalue weighted by molar-refractivity contribution is -0.141. The number of hydrogen-bond acceptors (Lipinski definition) is 5. The molecule has 9 heteroatoms. The molecule has 6 nitrogen and oxygen atoms in total. The second kappa shape index (κ2) is 7.06. The van der Waals surface area contributed by atoms with Gasteiger partial charge >= 0.3 is 12.1 Å². The van der Waals surface area contributed by atoms with Crippen molar-refractivity contribution in [2.45, 2.75) is 31.5 Å². The zero-order valence-corrected chi connectivity index (χ0v) is 13.2. The molecule has 0 aromatic carbocycles. The number of rotatable bonds is 4. The Balaban J connectivity index is 2.35. The Labute approximate surface area is 136 Å². The fraction of sp³-hybridized carbons (Fsp3) is 0.533. The third kappa shape index (κ3) is 3.77. The Kier molecular flexibility index (Phi) is 5.30. The highest BCUT2D eigenvalue weighted by Crippen LogP contribution is 2.32. The van der Waals surface area contributed by atoms with Crippen LogP contribution in [0.3, 0.4) is 0 Å². The molecule has 0 saturated heterocycles. The van der Waals surface area contributed by atoms with Crippen molar-refractivity contribution in [1.82, 2.24) is 10.3 Å². The summed E-state index contributed by atoms with van der Waals surface area (Å²) in [6.07, 6.45) is -2.68. The fourth-order valence-electron chi connectivity index (χ4n) is 2.81. The molecule has 1 aliphatic rings. The molecule has 1 heterocycles. The summed E-state index contributed by atoms with van der Waals surface area (Å²) >= 11 is 0. The number of carbonyl (C=O) groups is 2. The van der Waals surface area contributed by atoms with Gasteiger partial charge in [0.15, 0.2) is 0 Å².